The van der Waals surface area contributed by atoms with Gasteiger partial charge in [-0.15, -0.1) is 0 Å². The third-order valence-electron chi connectivity index (χ3n) is 4.57. The topological polar surface area (TPSA) is 0 Å². The zero-order valence-electron chi connectivity index (χ0n) is 12.2. The van der Waals surface area contributed by atoms with Crippen LogP contribution in [0.25, 0.3) is 5.57 Å². The van der Waals surface area contributed by atoms with Crippen LogP contribution in [0.3, 0.4) is 0 Å². The Morgan fingerprint density at radius 3 is 2.79 bits per heavy atom. The van der Waals surface area contributed by atoms with Gasteiger partial charge in [-0.1, -0.05) is 54.5 Å². The monoisotopic (exact) mass is 250 g/mol. The highest BCUT2D eigenvalue weighted by Gasteiger charge is 2.28. The average Bonchev–Trinajstić information content (AvgIpc) is 2.76. The summed E-state index contributed by atoms with van der Waals surface area (Å²) in [6.07, 6.45) is 8.59. The molecule has 0 heterocycles. The third-order valence-corrected chi connectivity index (χ3v) is 4.57. The van der Waals surface area contributed by atoms with Gasteiger partial charge in [0, 0.05) is 5.92 Å². The highest BCUT2D eigenvalue weighted by molar-refractivity contribution is 5.79. The number of hydrogen-bond acceptors (Lipinski definition) is 0. The minimum Gasteiger partial charge on any atom is -0.0838 e. The van der Waals surface area contributed by atoms with Gasteiger partial charge < -0.3 is 0 Å². The maximum Gasteiger partial charge on any atom is 0.00350 e. The molecule has 0 N–H and O–H groups in total. The summed E-state index contributed by atoms with van der Waals surface area (Å²) in [4.78, 5) is 0. The van der Waals surface area contributed by atoms with Gasteiger partial charge in [0.15, 0.2) is 0 Å². The molecule has 0 radical (unpaired) electrons. The molecule has 1 aromatic rings. The molecule has 0 aliphatic heterocycles. The summed E-state index contributed by atoms with van der Waals surface area (Å²) in [6, 6.07) is 8.92. The lowest BCUT2D eigenvalue weighted by Crippen LogP contribution is -2.04. The molecule has 98 valence electrons. The predicted octanol–water partition coefficient (Wildman–Crippen LogP) is 5.45. The molecule has 0 amide bonds. The number of hydrogen-bond donors (Lipinski definition) is 0. The summed E-state index contributed by atoms with van der Waals surface area (Å²) >= 11 is 0. The van der Waals surface area contributed by atoms with Gasteiger partial charge in [0.1, 0.15) is 0 Å². The molecule has 0 spiro atoms. The average molecular weight is 250 g/mol. The highest BCUT2D eigenvalue weighted by Crippen LogP contribution is 2.46. The van der Waals surface area contributed by atoms with Crippen LogP contribution in [-0.4, -0.2) is 0 Å². The normalized spacial score (nSPS) is 24.7. The molecular weight excluding hydrogens is 228 g/mol. The molecule has 0 bridgehead atoms. The maximum absolute atomic E-state index is 2.45. The third kappa shape index (κ3) is 2.10. The summed E-state index contributed by atoms with van der Waals surface area (Å²) in [5.41, 5.74) is 9.01. The molecule has 0 saturated carbocycles. The lowest BCUT2D eigenvalue weighted by Gasteiger charge is -2.21. The zero-order valence-corrected chi connectivity index (χ0v) is 12.2. The van der Waals surface area contributed by atoms with E-state index in [4.69, 9.17) is 0 Å². The summed E-state index contributed by atoms with van der Waals surface area (Å²) in [5.74, 6) is 0.590. The van der Waals surface area contributed by atoms with E-state index in [-0.39, 0.29) is 0 Å². The van der Waals surface area contributed by atoms with Gasteiger partial charge >= 0.3 is 0 Å². The van der Waals surface area contributed by atoms with E-state index < -0.39 is 0 Å². The molecule has 1 aromatic carbocycles. The molecule has 1 unspecified atom stereocenters. The fourth-order valence-corrected chi connectivity index (χ4v) is 3.51. The predicted molar refractivity (Wildman–Crippen MR) is 83.0 cm³/mol. The van der Waals surface area contributed by atoms with Crippen molar-refractivity contribution in [1.82, 2.24) is 0 Å². The van der Waals surface area contributed by atoms with E-state index in [2.05, 4.69) is 57.2 Å². The van der Waals surface area contributed by atoms with Gasteiger partial charge in [0.05, 0.1) is 0 Å². The van der Waals surface area contributed by atoms with Crippen molar-refractivity contribution in [1.29, 1.82) is 0 Å². The Kier molecular flexibility index (Phi) is 3.18. The Bertz CT molecular complexity index is 596. The minimum atomic E-state index is 0.590. The largest absolute Gasteiger partial charge is 0.0838 e. The van der Waals surface area contributed by atoms with Gasteiger partial charge in [0.2, 0.25) is 0 Å². The van der Waals surface area contributed by atoms with Gasteiger partial charge in [-0.25, -0.2) is 0 Å². The number of benzene rings is 1. The van der Waals surface area contributed by atoms with Crippen LogP contribution in [-0.2, 0) is 0 Å². The summed E-state index contributed by atoms with van der Waals surface area (Å²) < 4.78 is 0. The van der Waals surface area contributed by atoms with Crippen LogP contribution in [0, 0.1) is 12.8 Å². The molecule has 0 nitrogen and oxygen atoms in total. The molecule has 19 heavy (non-hydrogen) atoms. The minimum absolute atomic E-state index is 0.590. The Morgan fingerprint density at radius 1 is 1.21 bits per heavy atom. The van der Waals surface area contributed by atoms with Crippen LogP contribution in [0.15, 0.2) is 53.1 Å². The number of allylic oxidation sites excluding steroid dienone is 6. The lowest BCUT2D eigenvalue weighted by molar-refractivity contribution is 0.710. The standard InChI is InChI=1S/C19H22/c1-4-15-8-6-10-17-14(3)18(12-19(15)17)16-9-5-7-13(2)11-16/h4-5,7,9,11-12,14H,6,8,10H2,1-3H3/b15-4+. The van der Waals surface area contributed by atoms with Crippen molar-refractivity contribution >= 4 is 5.57 Å². The van der Waals surface area contributed by atoms with Crippen molar-refractivity contribution in [2.45, 2.75) is 40.0 Å². The van der Waals surface area contributed by atoms with E-state index in [0.717, 1.165) is 0 Å². The second kappa shape index (κ2) is 4.85. The van der Waals surface area contributed by atoms with E-state index in [1.807, 2.05) is 0 Å². The Morgan fingerprint density at radius 2 is 2.05 bits per heavy atom. The molecule has 0 saturated heterocycles. The SMILES string of the molecule is C/C=C1\CCCC2=C1C=C(c1cccc(C)c1)C2C. The van der Waals surface area contributed by atoms with Crippen LogP contribution in [0.2, 0.25) is 0 Å². The van der Waals surface area contributed by atoms with Crippen molar-refractivity contribution in [3.63, 3.8) is 0 Å². The van der Waals surface area contributed by atoms with Gasteiger partial charge in [-0.05, 0) is 55.4 Å². The van der Waals surface area contributed by atoms with Crippen molar-refractivity contribution in [2.24, 2.45) is 5.92 Å². The fourth-order valence-electron chi connectivity index (χ4n) is 3.51. The Hall–Kier alpha value is -1.56. The summed E-state index contributed by atoms with van der Waals surface area (Å²) in [7, 11) is 0. The van der Waals surface area contributed by atoms with Crippen LogP contribution >= 0.6 is 0 Å². The molecule has 0 fully saturated rings. The fraction of sp³-hybridized carbons (Fsp3) is 0.368. The number of aryl methyl sites for hydroxylation is 1. The first-order chi connectivity index (χ1) is 9.20. The van der Waals surface area contributed by atoms with Gasteiger partial charge in [-0.3, -0.25) is 0 Å². The Balaban J connectivity index is 2.03. The second-order valence-corrected chi connectivity index (χ2v) is 5.80. The van der Waals surface area contributed by atoms with Crippen LogP contribution in [0.4, 0.5) is 0 Å². The van der Waals surface area contributed by atoms with Crippen LogP contribution in [0.1, 0.15) is 44.2 Å². The molecule has 2 aliphatic carbocycles. The molecule has 2 aliphatic rings. The summed E-state index contributed by atoms with van der Waals surface area (Å²) in [6.45, 7) is 6.72. The van der Waals surface area contributed by atoms with E-state index in [0.29, 0.717) is 5.92 Å². The molecule has 0 aromatic heterocycles. The van der Waals surface area contributed by atoms with E-state index >= 15 is 0 Å². The van der Waals surface area contributed by atoms with Crippen LogP contribution in [0.5, 0.6) is 0 Å². The smallest absolute Gasteiger partial charge is 0.00350 e. The van der Waals surface area contributed by atoms with Gasteiger partial charge in [0.25, 0.3) is 0 Å². The quantitative estimate of drug-likeness (QED) is 0.621. The van der Waals surface area contributed by atoms with Gasteiger partial charge in [-0.2, -0.15) is 0 Å². The molecular formula is C19H22. The lowest BCUT2D eigenvalue weighted by atomic mass is 9.84. The second-order valence-electron chi connectivity index (χ2n) is 5.80. The van der Waals surface area contributed by atoms with Crippen LogP contribution < -0.4 is 0 Å². The van der Waals surface area contributed by atoms with E-state index in [1.165, 1.54) is 41.5 Å². The summed E-state index contributed by atoms with van der Waals surface area (Å²) in [5, 5.41) is 0. The van der Waals surface area contributed by atoms with Crippen molar-refractivity contribution < 1.29 is 0 Å². The first kappa shape index (κ1) is 12.5. The van der Waals surface area contributed by atoms with E-state index in [1.54, 1.807) is 11.1 Å². The zero-order chi connectivity index (χ0) is 13.4. The molecule has 1 atom stereocenters. The first-order valence-electron chi connectivity index (χ1n) is 7.38. The van der Waals surface area contributed by atoms with Crippen molar-refractivity contribution in [3.8, 4) is 0 Å². The van der Waals surface area contributed by atoms with Crippen molar-refractivity contribution in [3.05, 3.63) is 64.3 Å². The Labute approximate surface area is 116 Å². The van der Waals surface area contributed by atoms with E-state index in [9.17, 15) is 0 Å². The molecule has 0 heteroatoms. The number of rotatable bonds is 1. The maximum atomic E-state index is 2.45. The molecule has 3 rings (SSSR count). The highest BCUT2D eigenvalue weighted by atomic mass is 14.3. The van der Waals surface area contributed by atoms with Crippen molar-refractivity contribution in [2.75, 3.05) is 0 Å². The first-order valence-corrected chi connectivity index (χ1v) is 7.38.